The Morgan fingerprint density at radius 2 is 1.82 bits per heavy atom. The van der Waals surface area contributed by atoms with Crippen LogP contribution in [0, 0.1) is 6.92 Å². The Bertz CT molecular complexity index is 1410. The van der Waals surface area contributed by atoms with Gasteiger partial charge < -0.3 is 24.3 Å². The van der Waals surface area contributed by atoms with E-state index in [1.54, 1.807) is 33.1 Å². The second-order valence-electron chi connectivity index (χ2n) is 7.82. The van der Waals surface area contributed by atoms with E-state index in [1.165, 1.54) is 11.3 Å². The number of ether oxygens (including phenoxy) is 4. The predicted octanol–water partition coefficient (Wildman–Crippen LogP) is 4.30. The number of thiazole rings is 1. The van der Waals surface area contributed by atoms with Crippen LogP contribution in [0.3, 0.4) is 0 Å². The summed E-state index contributed by atoms with van der Waals surface area (Å²) in [5, 5.41) is 8.43. The van der Waals surface area contributed by atoms with Crippen LogP contribution in [-0.2, 0) is 4.79 Å². The van der Waals surface area contributed by atoms with Gasteiger partial charge in [-0.2, -0.15) is 9.78 Å². The van der Waals surface area contributed by atoms with Gasteiger partial charge in [0.25, 0.3) is 0 Å². The number of aryl methyl sites for hydroxylation is 1. The molecule has 1 aliphatic rings. The van der Waals surface area contributed by atoms with Gasteiger partial charge in [0.15, 0.2) is 11.5 Å². The van der Waals surface area contributed by atoms with Gasteiger partial charge in [0.2, 0.25) is 16.8 Å². The van der Waals surface area contributed by atoms with Crippen molar-refractivity contribution >= 4 is 33.3 Å². The number of hydrogen-bond acceptors (Lipinski definition) is 8. The van der Waals surface area contributed by atoms with Crippen molar-refractivity contribution in [3.8, 4) is 28.1 Å². The third-order valence-corrected chi connectivity index (χ3v) is 6.97. The molecule has 2 aromatic carbocycles. The molecule has 3 heterocycles. The van der Waals surface area contributed by atoms with E-state index >= 15 is 0 Å². The maximum absolute atomic E-state index is 12.9. The minimum absolute atomic E-state index is 0.113. The SMILES string of the molecule is COc1ccc2nc(-n3nc(C)c4c3NC(=O)CC4c3ccc(OC)c(OC)c3OC)sc2c1. The van der Waals surface area contributed by atoms with Gasteiger partial charge in [-0.1, -0.05) is 17.4 Å². The average Bonchev–Trinajstić information content (AvgIpc) is 3.42. The van der Waals surface area contributed by atoms with Gasteiger partial charge in [0.05, 0.1) is 44.3 Å². The zero-order valence-corrected chi connectivity index (χ0v) is 20.3. The normalized spacial score (nSPS) is 15.1. The highest BCUT2D eigenvalue weighted by atomic mass is 32.1. The molecular weight excluding hydrogens is 456 g/mol. The number of methoxy groups -OCH3 is 4. The van der Waals surface area contributed by atoms with E-state index in [9.17, 15) is 4.79 Å². The number of carbonyl (C=O) groups excluding carboxylic acids is 1. The van der Waals surface area contributed by atoms with Crippen molar-refractivity contribution in [3.05, 3.63) is 47.2 Å². The van der Waals surface area contributed by atoms with Gasteiger partial charge in [-0.25, -0.2) is 4.98 Å². The molecule has 5 rings (SSSR count). The summed E-state index contributed by atoms with van der Waals surface area (Å²) in [4.78, 5) is 17.6. The minimum atomic E-state index is -0.276. The molecule has 0 bridgehead atoms. The van der Waals surface area contributed by atoms with Crippen LogP contribution >= 0.6 is 11.3 Å². The van der Waals surface area contributed by atoms with Crippen molar-refractivity contribution in [2.45, 2.75) is 19.3 Å². The highest BCUT2D eigenvalue weighted by molar-refractivity contribution is 7.20. The number of aromatic nitrogens is 3. The lowest BCUT2D eigenvalue weighted by molar-refractivity contribution is -0.116. The molecule has 1 atom stereocenters. The number of hydrogen-bond donors (Lipinski definition) is 1. The van der Waals surface area contributed by atoms with Crippen LogP contribution in [-0.4, -0.2) is 49.1 Å². The lowest BCUT2D eigenvalue weighted by Crippen LogP contribution is -2.25. The molecule has 1 unspecified atom stereocenters. The smallest absolute Gasteiger partial charge is 0.226 e. The predicted molar refractivity (Wildman–Crippen MR) is 129 cm³/mol. The summed E-state index contributed by atoms with van der Waals surface area (Å²) in [5.74, 6) is 2.56. The fourth-order valence-corrected chi connectivity index (χ4v) is 5.41. The van der Waals surface area contributed by atoms with Crippen LogP contribution in [0.15, 0.2) is 30.3 Å². The topological polar surface area (TPSA) is 96.7 Å². The number of amides is 1. The number of nitrogens with zero attached hydrogens (tertiary/aromatic N) is 3. The quantitative estimate of drug-likeness (QED) is 0.439. The largest absolute Gasteiger partial charge is 0.497 e. The molecule has 0 fully saturated rings. The lowest BCUT2D eigenvalue weighted by Gasteiger charge is -2.26. The maximum atomic E-state index is 12.9. The molecule has 0 saturated carbocycles. The molecule has 2 aromatic heterocycles. The molecule has 10 heteroatoms. The number of nitrogens with one attached hydrogen (secondary N) is 1. The minimum Gasteiger partial charge on any atom is -0.497 e. The van der Waals surface area contributed by atoms with E-state index in [2.05, 4.69) is 5.32 Å². The first kappa shape index (κ1) is 22.0. The van der Waals surface area contributed by atoms with Gasteiger partial charge in [0.1, 0.15) is 11.6 Å². The van der Waals surface area contributed by atoms with Crippen molar-refractivity contribution in [3.63, 3.8) is 0 Å². The van der Waals surface area contributed by atoms with Gasteiger partial charge in [-0.3, -0.25) is 4.79 Å². The number of rotatable bonds is 6. The molecule has 0 spiro atoms. The Morgan fingerprint density at radius 1 is 1.03 bits per heavy atom. The van der Waals surface area contributed by atoms with Crippen LogP contribution in [0.2, 0.25) is 0 Å². The summed E-state index contributed by atoms with van der Waals surface area (Å²) >= 11 is 1.48. The van der Waals surface area contributed by atoms with E-state index in [0.717, 1.165) is 32.8 Å². The molecule has 9 nitrogen and oxygen atoms in total. The molecular formula is C24H24N4O5S. The third kappa shape index (κ3) is 3.41. The van der Waals surface area contributed by atoms with E-state index in [-0.39, 0.29) is 18.2 Å². The first-order chi connectivity index (χ1) is 16.5. The first-order valence-electron chi connectivity index (χ1n) is 10.6. The Balaban J connectivity index is 1.67. The zero-order chi connectivity index (χ0) is 24.0. The molecule has 0 aliphatic carbocycles. The van der Waals surface area contributed by atoms with E-state index in [1.807, 2.05) is 37.3 Å². The van der Waals surface area contributed by atoms with E-state index in [0.29, 0.717) is 28.2 Å². The van der Waals surface area contributed by atoms with Crippen LogP contribution in [0.25, 0.3) is 15.3 Å². The van der Waals surface area contributed by atoms with Gasteiger partial charge in [-0.15, -0.1) is 0 Å². The standard InChI is InChI=1S/C24H24N4O5S/c1-12-20-15(14-7-9-17(31-3)22(33-5)21(14)32-4)11-19(29)26-23(20)28(27-12)24-25-16-8-6-13(30-2)10-18(16)34-24/h6-10,15H,11H2,1-5H3,(H,26,29). The van der Waals surface area contributed by atoms with Crippen molar-refractivity contribution in [1.29, 1.82) is 0 Å². The number of anilines is 1. The Kier molecular flexibility index (Phi) is 5.52. The summed E-state index contributed by atoms with van der Waals surface area (Å²) in [7, 11) is 6.35. The molecule has 1 amide bonds. The third-order valence-electron chi connectivity index (χ3n) is 5.98. The van der Waals surface area contributed by atoms with Crippen molar-refractivity contribution in [2.24, 2.45) is 0 Å². The maximum Gasteiger partial charge on any atom is 0.226 e. The average molecular weight is 481 g/mol. The summed E-state index contributed by atoms with van der Waals surface area (Å²) in [6.07, 6.45) is 0.252. The van der Waals surface area contributed by atoms with Gasteiger partial charge in [0, 0.05) is 23.5 Å². The molecule has 176 valence electrons. The molecule has 34 heavy (non-hydrogen) atoms. The first-order valence-corrected chi connectivity index (χ1v) is 11.4. The molecule has 0 saturated heterocycles. The summed E-state index contributed by atoms with van der Waals surface area (Å²) in [6.45, 7) is 1.93. The van der Waals surface area contributed by atoms with Crippen molar-refractivity contribution in [2.75, 3.05) is 33.8 Å². The fourth-order valence-electron chi connectivity index (χ4n) is 4.46. The number of fused-ring (bicyclic) bond motifs is 2. The number of carbonyl (C=O) groups is 1. The van der Waals surface area contributed by atoms with E-state index in [4.69, 9.17) is 29.0 Å². The summed E-state index contributed by atoms with van der Waals surface area (Å²) in [5.41, 5.74) is 3.38. The van der Waals surface area contributed by atoms with E-state index < -0.39 is 0 Å². The van der Waals surface area contributed by atoms with Crippen LogP contribution < -0.4 is 24.3 Å². The van der Waals surface area contributed by atoms with Crippen LogP contribution in [0.5, 0.6) is 23.0 Å². The van der Waals surface area contributed by atoms with Crippen LogP contribution in [0.4, 0.5) is 5.82 Å². The molecule has 0 radical (unpaired) electrons. The number of benzene rings is 2. The highest BCUT2D eigenvalue weighted by Gasteiger charge is 2.36. The second kappa shape index (κ2) is 8.53. The Hall–Kier alpha value is -3.79. The summed E-state index contributed by atoms with van der Waals surface area (Å²) < 4.78 is 24.7. The Labute approximate surface area is 200 Å². The van der Waals surface area contributed by atoms with Gasteiger partial charge in [-0.05, 0) is 31.2 Å². The summed E-state index contributed by atoms with van der Waals surface area (Å²) in [6, 6.07) is 9.45. The monoisotopic (exact) mass is 480 g/mol. The van der Waals surface area contributed by atoms with Crippen molar-refractivity contribution < 1.29 is 23.7 Å². The van der Waals surface area contributed by atoms with Crippen molar-refractivity contribution in [1.82, 2.24) is 14.8 Å². The highest BCUT2D eigenvalue weighted by Crippen LogP contribution is 2.48. The second-order valence-corrected chi connectivity index (χ2v) is 8.83. The Morgan fingerprint density at radius 3 is 2.53 bits per heavy atom. The van der Waals surface area contributed by atoms with Crippen LogP contribution in [0.1, 0.15) is 29.2 Å². The lowest BCUT2D eigenvalue weighted by atomic mass is 9.85. The molecule has 4 aromatic rings. The molecule has 1 aliphatic heterocycles. The van der Waals surface area contributed by atoms with Gasteiger partial charge >= 0.3 is 0 Å². The molecule has 1 N–H and O–H groups in total. The fraction of sp³-hybridized carbons (Fsp3) is 0.292. The zero-order valence-electron chi connectivity index (χ0n) is 19.5.